The van der Waals surface area contributed by atoms with Crippen LogP contribution in [0.1, 0.15) is 0 Å². The normalized spacial score (nSPS) is 11.9. The van der Waals surface area contributed by atoms with Gasteiger partial charge in [0, 0.05) is 49.4 Å². The molecule has 0 aliphatic rings. The zero-order valence-corrected chi connectivity index (χ0v) is 31.0. The lowest BCUT2D eigenvalue weighted by Gasteiger charge is -2.12. The molecule has 3 heteroatoms. The van der Waals surface area contributed by atoms with Gasteiger partial charge in [0.15, 0.2) is 0 Å². The van der Waals surface area contributed by atoms with Crippen molar-refractivity contribution in [3.8, 4) is 39.3 Å². The van der Waals surface area contributed by atoms with Crippen molar-refractivity contribution in [3.05, 3.63) is 212 Å². The van der Waals surface area contributed by atoms with E-state index in [0.717, 1.165) is 11.4 Å². The monoisotopic (exact) mass is 725 g/mol. The minimum Gasteiger partial charge on any atom is -0.309 e. The maximum absolute atomic E-state index is 2.47. The topological polar surface area (TPSA) is 14.8 Å². The Bertz CT molecular complexity index is 3490. The number of nitrogens with zero attached hydrogens (tertiary/aromatic N) is 3. The van der Waals surface area contributed by atoms with Crippen molar-refractivity contribution in [1.82, 2.24) is 13.7 Å². The molecule has 3 heterocycles. The first-order valence-corrected chi connectivity index (χ1v) is 19.6. The summed E-state index contributed by atoms with van der Waals surface area (Å²) in [7, 11) is 0. The van der Waals surface area contributed by atoms with E-state index in [2.05, 4.69) is 226 Å². The first kappa shape index (κ1) is 31.7. The molecule has 0 N–H and O–H groups in total. The van der Waals surface area contributed by atoms with Gasteiger partial charge in [0.2, 0.25) is 0 Å². The van der Waals surface area contributed by atoms with Gasteiger partial charge in [0.1, 0.15) is 0 Å². The molecule has 0 fully saturated rings. The highest BCUT2D eigenvalue weighted by molar-refractivity contribution is 6.26. The fourth-order valence-corrected chi connectivity index (χ4v) is 9.32. The third-order valence-corrected chi connectivity index (χ3v) is 11.8. The molecule has 3 aromatic heterocycles. The smallest absolute Gasteiger partial charge is 0.0641 e. The summed E-state index contributed by atoms with van der Waals surface area (Å²) in [5.74, 6) is 0. The van der Waals surface area contributed by atoms with Crippen LogP contribution in [0, 0.1) is 0 Å². The van der Waals surface area contributed by atoms with E-state index in [4.69, 9.17) is 0 Å². The Morgan fingerprint density at radius 2 is 0.702 bits per heavy atom. The number of fused-ring (bicyclic) bond motifs is 10. The molecule has 0 bridgehead atoms. The van der Waals surface area contributed by atoms with E-state index in [-0.39, 0.29) is 0 Å². The average Bonchev–Trinajstić information content (AvgIpc) is 3.93. The van der Waals surface area contributed by atoms with Gasteiger partial charge in [0.25, 0.3) is 0 Å². The summed E-state index contributed by atoms with van der Waals surface area (Å²) in [6, 6.07) is 77.4. The molecule has 57 heavy (non-hydrogen) atoms. The first-order chi connectivity index (χ1) is 28.3. The van der Waals surface area contributed by atoms with Crippen molar-refractivity contribution < 1.29 is 0 Å². The second-order valence-electron chi connectivity index (χ2n) is 14.9. The summed E-state index contributed by atoms with van der Waals surface area (Å²) >= 11 is 0. The van der Waals surface area contributed by atoms with E-state index in [0.29, 0.717) is 0 Å². The quantitative estimate of drug-likeness (QED) is 0.168. The van der Waals surface area contributed by atoms with E-state index in [1.807, 2.05) is 0 Å². The lowest BCUT2D eigenvalue weighted by atomic mass is 10.0. The molecule has 266 valence electrons. The summed E-state index contributed by atoms with van der Waals surface area (Å²) in [6.45, 7) is 0. The molecule has 0 atom stereocenters. The average molecular weight is 726 g/mol. The van der Waals surface area contributed by atoms with Gasteiger partial charge in [0.05, 0.1) is 33.1 Å². The Kier molecular flexibility index (Phi) is 6.93. The van der Waals surface area contributed by atoms with Gasteiger partial charge in [-0.2, -0.15) is 0 Å². The Hall–Kier alpha value is -7.62. The maximum Gasteiger partial charge on any atom is 0.0641 e. The fraction of sp³-hybridized carbons (Fsp3) is 0. The number of benzene rings is 9. The van der Waals surface area contributed by atoms with Crippen molar-refractivity contribution in [2.24, 2.45) is 0 Å². The highest BCUT2D eigenvalue weighted by Crippen LogP contribution is 2.43. The van der Waals surface area contributed by atoms with Gasteiger partial charge in [-0.05, 0) is 95.1 Å². The molecule has 12 aromatic rings. The van der Waals surface area contributed by atoms with E-state index < -0.39 is 0 Å². The number of para-hydroxylation sites is 4. The van der Waals surface area contributed by atoms with Crippen LogP contribution >= 0.6 is 0 Å². The van der Waals surface area contributed by atoms with E-state index >= 15 is 0 Å². The third-order valence-electron chi connectivity index (χ3n) is 11.8. The molecule has 0 amide bonds. The number of hydrogen-bond donors (Lipinski definition) is 0. The van der Waals surface area contributed by atoms with Crippen molar-refractivity contribution in [2.75, 3.05) is 0 Å². The van der Waals surface area contributed by atoms with Gasteiger partial charge in [-0.3, -0.25) is 0 Å². The van der Waals surface area contributed by atoms with Gasteiger partial charge in [-0.15, -0.1) is 0 Å². The molecular weight excluding hydrogens is 691 g/mol. The van der Waals surface area contributed by atoms with E-state index in [1.54, 1.807) is 0 Å². The van der Waals surface area contributed by atoms with Crippen molar-refractivity contribution in [1.29, 1.82) is 0 Å². The molecule has 0 radical (unpaired) electrons. The summed E-state index contributed by atoms with van der Waals surface area (Å²) in [6.07, 6.45) is 0. The molecule has 0 aliphatic heterocycles. The van der Waals surface area contributed by atoms with Crippen molar-refractivity contribution in [2.45, 2.75) is 0 Å². The Labute approximate surface area is 329 Å². The minimum atomic E-state index is 1.14. The van der Waals surface area contributed by atoms with Crippen molar-refractivity contribution in [3.63, 3.8) is 0 Å². The molecule has 9 aromatic carbocycles. The van der Waals surface area contributed by atoms with Crippen LogP contribution in [-0.2, 0) is 0 Å². The Balaban J connectivity index is 1.06. The molecule has 0 aliphatic carbocycles. The molecular formula is C54H35N3. The zero-order chi connectivity index (χ0) is 37.5. The van der Waals surface area contributed by atoms with Gasteiger partial charge in [-0.1, -0.05) is 140 Å². The minimum absolute atomic E-state index is 1.14. The summed E-state index contributed by atoms with van der Waals surface area (Å²) in [5, 5.41) is 7.51. The molecule has 0 saturated heterocycles. The lowest BCUT2D eigenvalue weighted by molar-refractivity contribution is 1.17. The Morgan fingerprint density at radius 3 is 1.46 bits per heavy atom. The predicted molar refractivity (Wildman–Crippen MR) is 240 cm³/mol. The lowest BCUT2D eigenvalue weighted by Crippen LogP contribution is -1.96. The predicted octanol–water partition coefficient (Wildman–Crippen LogP) is 14.3. The van der Waals surface area contributed by atoms with Gasteiger partial charge >= 0.3 is 0 Å². The van der Waals surface area contributed by atoms with Crippen LogP contribution in [0.4, 0.5) is 0 Å². The zero-order valence-electron chi connectivity index (χ0n) is 31.0. The molecule has 3 nitrogen and oxygen atoms in total. The van der Waals surface area contributed by atoms with Crippen LogP contribution in [0.2, 0.25) is 0 Å². The third kappa shape index (κ3) is 4.79. The van der Waals surface area contributed by atoms with Crippen LogP contribution in [0.5, 0.6) is 0 Å². The SMILES string of the molecule is c1ccc(-c2ccc(-n3c4ccccc4c4ccc5c(c6ccccc6n5-c5cccc(-c6ccc7c(c6)c6ccccc6n7-c6ccccc6)c5)c43)cc2)cc1. The van der Waals surface area contributed by atoms with E-state index in [9.17, 15) is 0 Å². The van der Waals surface area contributed by atoms with Crippen molar-refractivity contribution >= 4 is 65.4 Å². The summed E-state index contributed by atoms with van der Waals surface area (Å²) in [5.41, 5.74) is 15.5. The van der Waals surface area contributed by atoms with Gasteiger partial charge < -0.3 is 13.7 Å². The Morgan fingerprint density at radius 1 is 0.228 bits per heavy atom. The molecule has 0 spiro atoms. The van der Waals surface area contributed by atoms with Crippen LogP contribution < -0.4 is 0 Å². The highest BCUT2D eigenvalue weighted by Gasteiger charge is 2.21. The second-order valence-corrected chi connectivity index (χ2v) is 14.9. The summed E-state index contributed by atoms with van der Waals surface area (Å²) < 4.78 is 7.30. The number of hydrogen-bond acceptors (Lipinski definition) is 0. The first-order valence-electron chi connectivity index (χ1n) is 19.6. The second kappa shape index (κ2) is 12.5. The van der Waals surface area contributed by atoms with Gasteiger partial charge in [-0.25, -0.2) is 0 Å². The molecule has 12 rings (SSSR count). The van der Waals surface area contributed by atoms with E-state index in [1.165, 1.54) is 93.4 Å². The van der Waals surface area contributed by atoms with Crippen LogP contribution in [0.25, 0.3) is 105 Å². The fourth-order valence-electron chi connectivity index (χ4n) is 9.32. The largest absolute Gasteiger partial charge is 0.309 e. The van der Waals surface area contributed by atoms with Crippen LogP contribution in [0.15, 0.2) is 212 Å². The van der Waals surface area contributed by atoms with Crippen LogP contribution in [0.3, 0.4) is 0 Å². The summed E-state index contributed by atoms with van der Waals surface area (Å²) in [4.78, 5) is 0. The number of aromatic nitrogens is 3. The standard InChI is InChI=1S/C54H35N3/c1-3-14-36(15-4-1)37-26-29-41(30-27-37)57-49-24-11-7-20-43(49)45-31-33-52-53(54(45)57)46-22-9-12-25-50(46)56(52)42-19-13-16-38(34-42)39-28-32-51-47(35-39)44-21-8-10-23-48(44)55(51)40-17-5-2-6-18-40/h1-35H. The molecule has 0 unspecified atom stereocenters. The maximum atomic E-state index is 2.47. The van der Waals surface area contributed by atoms with Crippen LogP contribution in [-0.4, -0.2) is 13.7 Å². The number of rotatable bonds is 5. The molecule has 0 saturated carbocycles. The highest BCUT2D eigenvalue weighted by atomic mass is 15.0.